The fourth-order valence-electron chi connectivity index (χ4n) is 2.40. The van der Waals surface area contributed by atoms with E-state index in [2.05, 4.69) is 21.2 Å². The highest BCUT2D eigenvalue weighted by Crippen LogP contribution is 2.23. The van der Waals surface area contributed by atoms with Crippen molar-refractivity contribution in [2.75, 3.05) is 19.6 Å². The van der Waals surface area contributed by atoms with Crippen LogP contribution in [-0.2, 0) is 16.4 Å². The van der Waals surface area contributed by atoms with Crippen LogP contribution in [0.25, 0.3) is 0 Å². The molecule has 1 aromatic carbocycles. The highest BCUT2D eigenvalue weighted by atomic mass is 79.9. The first-order valence-corrected chi connectivity index (χ1v) is 11.1. The van der Waals surface area contributed by atoms with E-state index in [1.54, 1.807) is 31.3 Å². The number of hydrogen-bond acceptors (Lipinski definition) is 4. The summed E-state index contributed by atoms with van der Waals surface area (Å²) in [4.78, 5) is 13.8. The number of amides is 1. The highest BCUT2D eigenvalue weighted by molar-refractivity contribution is 9.10. The Morgan fingerprint density at radius 2 is 1.96 bits per heavy atom. The van der Waals surface area contributed by atoms with E-state index in [1.165, 1.54) is 21.3 Å². The van der Waals surface area contributed by atoms with Crippen LogP contribution in [0.15, 0.2) is 45.1 Å². The van der Waals surface area contributed by atoms with E-state index in [0.717, 1.165) is 6.42 Å². The summed E-state index contributed by atoms with van der Waals surface area (Å²) in [5.41, 5.74) is 0.319. The van der Waals surface area contributed by atoms with Crippen LogP contribution in [0.1, 0.15) is 29.1 Å². The molecular weight excluding hydrogens is 424 g/mol. The van der Waals surface area contributed by atoms with Crippen molar-refractivity contribution in [2.24, 2.45) is 0 Å². The number of rotatable bonds is 8. The fraction of sp³-hybridized carbons (Fsp3) is 0.353. The third kappa shape index (κ3) is 4.91. The number of nitrogens with zero attached hydrogens (tertiary/aromatic N) is 1. The molecule has 25 heavy (non-hydrogen) atoms. The van der Waals surface area contributed by atoms with E-state index in [4.69, 9.17) is 0 Å². The summed E-state index contributed by atoms with van der Waals surface area (Å²) in [7, 11) is -3.60. The predicted molar refractivity (Wildman–Crippen MR) is 105 cm³/mol. The van der Waals surface area contributed by atoms with Gasteiger partial charge in [0.1, 0.15) is 0 Å². The number of halogens is 1. The van der Waals surface area contributed by atoms with E-state index in [-0.39, 0.29) is 10.8 Å². The van der Waals surface area contributed by atoms with Gasteiger partial charge in [-0.1, -0.05) is 19.9 Å². The van der Waals surface area contributed by atoms with Crippen molar-refractivity contribution >= 4 is 43.2 Å². The van der Waals surface area contributed by atoms with Gasteiger partial charge in [-0.05, 0) is 52.0 Å². The lowest BCUT2D eigenvalue weighted by molar-refractivity contribution is 0.0953. The third-order valence-corrected chi connectivity index (χ3v) is 7.44. The third-order valence-electron chi connectivity index (χ3n) is 3.76. The molecule has 0 aliphatic heterocycles. The Morgan fingerprint density at radius 3 is 2.56 bits per heavy atom. The van der Waals surface area contributed by atoms with Crippen LogP contribution in [-0.4, -0.2) is 38.3 Å². The number of carbonyl (C=O) groups is 1. The fourth-order valence-corrected chi connectivity index (χ4v) is 5.02. The van der Waals surface area contributed by atoms with Crippen molar-refractivity contribution in [1.29, 1.82) is 0 Å². The van der Waals surface area contributed by atoms with Crippen molar-refractivity contribution in [3.63, 3.8) is 0 Å². The number of sulfonamides is 1. The Bertz CT molecular complexity index is 816. The second-order valence-electron chi connectivity index (χ2n) is 5.32. The molecule has 8 heteroatoms. The molecule has 0 aliphatic carbocycles. The molecule has 0 saturated heterocycles. The summed E-state index contributed by atoms with van der Waals surface area (Å²) in [5.74, 6) is -0.292. The number of nitrogens with one attached hydrogen (secondary N) is 1. The van der Waals surface area contributed by atoms with Crippen LogP contribution >= 0.6 is 27.3 Å². The molecule has 0 saturated carbocycles. The predicted octanol–water partition coefficient (Wildman–Crippen LogP) is 3.51. The second-order valence-corrected chi connectivity index (χ2v) is 9.14. The van der Waals surface area contributed by atoms with Crippen LogP contribution in [0.2, 0.25) is 0 Å². The minimum atomic E-state index is -3.60. The Kier molecular flexibility index (Phi) is 7.18. The van der Waals surface area contributed by atoms with Crippen molar-refractivity contribution in [3.8, 4) is 0 Å². The van der Waals surface area contributed by atoms with Gasteiger partial charge in [0, 0.05) is 29.0 Å². The van der Waals surface area contributed by atoms with Gasteiger partial charge in [-0.3, -0.25) is 4.79 Å². The molecule has 0 atom stereocenters. The largest absolute Gasteiger partial charge is 0.352 e. The van der Waals surface area contributed by atoms with Gasteiger partial charge in [-0.2, -0.15) is 4.31 Å². The Balaban J connectivity index is 2.16. The summed E-state index contributed by atoms with van der Waals surface area (Å²) in [6, 6.07) is 8.53. The van der Waals surface area contributed by atoms with Gasteiger partial charge in [-0.25, -0.2) is 8.42 Å². The van der Waals surface area contributed by atoms with Gasteiger partial charge < -0.3 is 5.32 Å². The molecule has 2 rings (SSSR count). The number of hydrogen-bond donors (Lipinski definition) is 1. The molecule has 136 valence electrons. The quantitative estimate of drug-likeness (QED) is 0.676. The summed E-state index contributed by atoms with van der Waals surface area (Å²) in [6.07, 6.45) is 0.748. The maximum Gasteiger partial charge on any atom is 0.252 e. The van der Waals surface area contributed by atoms with E-state index >= 15 is 0 Å². The van der Waals surface area contributed by atoms with Crippen LogP contribution in [0.4, 0.5) is 0 Å². The van der Waals surface area contributed by atoms with Gasteiger partial charge >= 0.3 is 0 Å². The van der Waals surface area contributed by atoms with Crippen LogP contribution in [0.5, 0.6) is 0 Å². The lowest BCUT2D eigenvalue weighted by atomic mass is 10.2. The van der Waals surface area contributed by atoms with Crippen LogP contribution < -0.4 is 5.32 Å². The minimum absolute atomic E-state index is 0.128. The summed E-state index contributed by atoms with van der Waals surface area (Å²) < 4.78 is 27.2. The molecule has 0 bridgehead atoms. The monoisotopic (exact) mass is 444 g/mol. The van der Waals surface area contributed by atoms with Crippen molar-refractivity contribution in [3.05, 3.63) is 50.6 Å². The molecular formula is C17H21BrN2O3S2. The first-order valence-electron chi connectivity index (χ1n) is 8.00. The molecule has 1 heterocycles. The molecule has 0 radical (unpaired) electrons. The first-order chi connectivity index (χ1) is 11.9. The smallest absolute Gasteiger partial charge is 0.252 e. The summed E-state index contributed by atoms with van der Waals surface area (Å²) >= 11 is 4.97. The second kappa shape index (κ2) is 8.93. The van der Waals surface area contributed by atoms with E-state index in [1.807, 2.05) is 17.5 Å². The molecule has 0 spiro atoms. The Hall–Kier alpha value is -1.22. The average Bonchev–Trinajstić information content (AvgIpc) is 3.09. The van der Waals surface area contributed by atoms with E-state index in [9.17, 15) is 13.2 Å². The highest BCUT2D eigenvalue weighted by Gasteiger charge is 2.23. The SMILES string of the molecule is CCN(CC)S(=O)(=O)c1ccc(Br)c(C(=O)NCCc2cccs2)c1. The van der Waals surface area contributed by atoms with E-state index < -0.39 is 10.0 Å². The lowest BCUT2D eigenvalue weighted by Gasteiger charge is -2.19. The van der Waals surface area contributed by atoms with Gasteiger partial charge in [0.05, 0.1) is 10.5 Å². The van der Waals surface area contributed by atoms with Crippen molar-refractivity contribution in [1.82, 2.24) is 9.62 Å². The standard InChI is InChI=1S/C17H21BrN2O3S2/c1-3-20(4-2)25(22,23)14-7-8-16(18)15(12-14)17(21)19-10-9-13-6-5-11-24-13/h5-8,11-12H,3-4,9-10H2,1-2H3,(H,19,21). The van der Waals surface area contributed by atoms with Gasteiger partial charge in [0.15, 0.2) is 0 Å². The molecule has 0 fully saturated rings. The lowest BCUT2D eigenvalue weighted by Crippen LogP contribution is -2.31. The summed E-state index contributed by atoms with van der Waals surface area (Å²) in [6.45, 7) is 4.85. The number of thiophene rings is 1. The average molecular weight is 445 g/mol. The summed E-state index contributed by atoms with van der Waals surface area (Å²) in [5, 5.41) is 4.84. The maximum absolute atomic E-state index is 12.6. The zero-order chi connectivity index (χ0) is 18.4. The van der Waals surface area contributed by atoms with Gasteiger partial charge in [0.25, 0.3) is 5.91 Å². The molecule has 2 aromatic rings. The molecule has 0 aliphatic rings. The van der Waals surface area contributed by atoms with Gasteiger partial charge in [0.2, 0.25) is 10.0 Å². The first kappa shape index (κ1) is 20.1. The Morgan fingerprint density at radius 1 is 1.24 bits per heavy atom. The van der Waals surface area contributed by atoms with Gasteiger partial charge in [-0.15, -0.1) is 11.3 Å². The Labute approximate surface area is 161 Å². The maximum atomic E-state index is 12.6. The molecule has 1 amide bonds. The number of carbonyl (C=O) groups excluding carboxylic acids is 1. The molecule has 0 unspecified atom stereocenters. The van der Waals surface area contributed by atoms with Crippen LogP contribution in [0, 0.1) is 0 Å². The topological polar surface area (TPSA) is 66.5 Å². The van der Waals surface area contributed by atoms with Crippen LogP contribution in [0.3, 0.4) is 0 Å². The zero-order valence-electron chi connectivity index (χ0n) is 14.2. The molecule has 1 N–H and O–H groups in total. The minimum Gasteiger partial charge on any atom is -0.352 e. The number of benzene rings is 1. The van der Waals surface area contributed by atoms with E-state index in [0.29, 0.717) is 29.7 Å². The normalized spacial score (nSPS) is 11.7. The zero-order valence-corrected chi connectivity index (χ0v) is 17.4. The molecule has 1 aromatic heterocycles. The molecule has 5 nitrogen and oxygen atoms in total. The van der Waals surface area contributed by atoms with Crippen molar-refractivity contribution in [2.45, 2.75) is 25.2 Å². The van der Waals surface area contributed by atoms with Crippen molar-refractivity contribution < 1.29 is 13.2 Å².